The topological polar surface area (TPSA) is 156 Å². The Balaban J connectivity index is 1.19. The molecule has 2 aromatic carbocycles. The molecular weight excluding hydrogens is 623 g/mol. The highest BCUT2D eigenvalue weighted by Gasteiger charge is 2.55. The first-order valence-corrected chi connectivity index (χ1v) is 18.1. The van der Waals surface area contributed by atoms with E-state index in [1.54, 1.807) is 27.7 Å². The van der Waals surface area contributed by atoms with Crippen molar-refractivity contribution in [1.82, 2.24) is 0 Å². The van der Waals surface area contributed by atoms with Gasteiger partial charge in [-0.3, -0.25) is 18.6 Å². The van der Waals surface area contributed by atoms with Crippen LogP contribution in [0.1, 0.15) is 101 Å². The number of aryl methyl sites for hydroxylation is 1. The van der Waals surface area contributed by atoms with Crippen LogP contribution in [0, 0.1) is 17.3 Å². The Morgan fingerprint density at radius 3 is 2.45 bits per heavy atom. The maximum absolute atomic E-state index is 13.3. The molecule has 3 unspecified atom stereocenters. The summed E-state index contributed by atoms with van der Waals surface area (Å²) in [6, 6.07) is 8.97. The summed E-state index contributed by atoms with van der Waals surface area (Å²) < 4.78 is 41.9. The lowest BCUT2D eigenvalue weighted by molar-refractivity contribution is -0.119. The number of carbonyl (C=O) groups excluding carboxylic acids is 2. The first kappa shape index (κ1) is 35.2. The van der Waals surface area contributed by atoms with Gasteiger partial charge in [0.25, 0.3) is 5.91 Å². The van der Waals surface area contributed by atoms with Gasteiger partial charge in [-0.05, 0) is 125 Å². The number of fused-ring (bicyclic) bond motifs is 5. The molecule has 12 heteroatoms. The Labute approximate surface area is 277 Å². The Hall–Kier alpha value is -3.11. The SMILES string of the molecule is COc1ccc(NC(=O)CCO[C@H]2CCC3C4CCc5cc(OP(=O)(OC(C)C)OC(C)C)ccc5C4CC[C@@]32C)c(O)c1C(N)=O. The van der Waals surface area contributed by atoms with Crippen molar-refractivity contribution in [2.24, 2.45) is 23.0 Å². The van der Waals surface area contributed by atoms with Crippen molar-refractivity contribution in [2.45, 2.75) is 104 Å². The van der Waals surface area contributed by atoms with E-state index in [9.17, 15) is 19.3 Å². The Morgan fingerprint density at radius 2 is 1.79 bits per heavy atom. The number of anilines is 1. The number of primary amides is 1. The fraction of sp³-hybridized carbons (Fsp3) is 0.600. The average Bonchev–Trinajstić information content (AvgIpc) is 3.32. The molecule has 47 heavy (non-hydrogen) atoms. The van der Waals surface area contributed by atoms with Crippen LogP contribution in [0.2, 0.25) is 0 Å². The number of nitrogens with two attached hydrogens (primary N) is 1. The zero-order valence-corrected chi connectivity index (χ0v) is 29.1. The number of nitrogens with one attached hydrogen (secondary N) is 1. The number of benzene rings is 2. The predicted octanol–water partition coefficient (Wildman–Crippen LogP) is 7.11. The van der Waals surface area contributed by atoms with Crippen LogP contribution in [0.5, 0.6) is 17.2 Å². The van der Waals surface area contributed by atoms with E-state index in [1.165, 1.54) is 30.4 Å². The lowest BCUT2D eigenvalue weighted by Gasteiger charge is -2.50. The number of amides is 2. The molecule has 3 aliphatic carbocycles. The Bertz CT molecular complexity index is 1510. The summed E-state index contributed by atoms with van der Waals surface area (Å²) in [7, 11) is -2.40. The van der Waals surface area contributed by atoms with Crippen LogP contribution >= 0.6 is 7.82 Å². The summed E-state index contributed by atoms with van der Waals surface area (Å²) in [5, 5.41) is 13.2. The molecule has 0 bridgehead atoms. The molecule has 2 saturated carbocycles. The van der Waals surface area contributed by atoms with Gasteiger partial charge in [0.15, 0.2) is 5.75 Å². The molecule has 0 aliphatic heterocycles. The molecule has 3 aliphatic rings. The van der Waals surface area contributed by atoms with Crippen molar-refractivity contribution >= 4 is 25.3 Å². The van der Waals surface area contributed by atoms with E-state index >= 15 is 0 Å². The molecule has 258 valence electrons. The molecule has 0 aromatic heterocycles. The maximum Gasteiger partial charge on any atom is 0.530 e. The monoisotopic (exact) mass is 672 g/mol. The summed E-state index contributed by atoms with van der Waals surface area (Å²) in [6.45, 7) is 9.82. The van der Waals surface area contributed by atoms with Gasteiger partial charge in [-0.25, -0.2) is 4.57 Å². The van der Waals surface area contributed by atoms with Crippen LogP contribution in [-0.2, 0) is 29.6 Å². The standard InChI is InChI=1S/C35H49N2O9P/c1-20(2)44-47(41,45-21(3)4)46-23-8-10-24-22(19-23)7-9-26-25(24)15-17-35(5)27(26)11-14-30(35)43-18-16-31(38)37-28-12-13-29(42-6)32(33(28)39)34(36)40/h8,10,12-13,19-21,25-27,30,39H,7,9,11,14-18H2,1-6H3,(H2,36,40)(H,37,38)/t25?,26?,27?,30-,35-/m0/s1. The normalized spacial score (nSPS) is 25.2. The van der Waals surface area contributed by atoms with Crippen LogP contribution in [0.25, 0.3) is 0 Å². The minimum Gasteiger partial charge on any atom is -0.505 e. The second kappa shape index (κ2) is 14.2. The van der Waals surface area contributed by atoms with Gasteiger partial charge in [0, 0.05) is 0 Å². The highest BCUT2D eigenvalue weighted by Crippen LogP contribution is 2.62. The largest absolute Gasteiger partial charge is 0.530 e. The van der Waals surface area contributed by atoms with Crippen LogP contribution in [0.4, 0.5) is 5.69 Å². The first-order valence-electron chi connectivity index (χ1n) is 16.6. The molecule has 0 radical (unpaired) electrons. The summed E-state index contributed by atoms with van der Waals surface area (Å²) in [4.78, 5) is 24.5. The number of phosphoric acid groups is 1. The van der Waals surface area contributed by atoms with Gasteiger partial charge in [0.05, 0.1) is 44.1 Å². The summed E-state index contributed by atoms with van der Waals surface area (Å²) in [5.41, 5.74) is 7.91. The van der Waals surface area contributed by atoms with E-state index in [4.69, 9.17) is 28.8 Å². The third kappa shape index (κ3) is 7.48. The molecule has 4 N–H and O–H groups in total. The molecule has 0 spiro atoms. The molecule has 2 amide bonds. The minimum absolute atomic E-state index is 0.0256. The number of hydrogen-bond donors (Lipinski definition) is 3. The van der Waals surface area contributed by atoms with Crippen molar-refractivity contribution in [2.75, 3.05) is 19.0 Å². The van der Waals surface area contributed by atoms with Gasteiger partial charge >= 0.3 is 7.82 Å². The van der Waals surface area contributed by atoms with Crippen LogP contribution < -0.4 is 20.3 Å². The lowest BCUT2D eigenvalue weighted by atomic mass is 9.55. The van der Waals surface area contributed by atoms with E-state index in [1.807, 2.05) is 12.1 Å². The third-order valence-electron chi connectivity index (χ3n) is 10.0. The third-order valence-corrected chi connectivity index (χ3v) is 11.8. The van der Waals surface area contributed by atoms with Gasteiger partial charge in [-0.1, -0.05) is 13.0 Å². The molecule has 2 fully saturated rings. The van der Waals surface area contributed by atoms with Crippen molar-refractivity contribution in [1.29, 1.82) is 0 Å². The van der Waals surface area contributed by atoms with Crippen LogP contribution in [0.3, 0.4) is 0 Å². The number of ether oxygens (including phenoxy) is 2. The highest BCUT2D eigenvalue weighted by atomic mass is 31.2. The molecule has 0 saturated heterocycles. The average molecular weight is 673 g/mol. The van der Waals surface area contributed by atoms with Crippen molar-refractivity contribution in [3.63, 3.8) is 0 Å². The highest BCUT2D eigenvalue weighted by molar-refractivity contribution is 7.49. The number of hydrogen-bond acceptors (Lipinski definition) is 9. The quantitative estimate of drug-likeness (QED) is 0.149. The van der Waals surface area contributed by atoms with E-state index in [2.05, 4.69) is 18.3 Å². The number of rotatable bonds is 13. The number of phenols is 1. The second-order valence-corrected chi connectivity index (χ2v) is 15.3. The van der Waals surface area contributed by atoms with Crippen LogP contribution in [-0.4, -0.2) is 48.9 Å². The zero-order valence-electron chi connectivity index (χ0n) is 28.2. The fourth-order valence-electron chi connectivity index (χ4n) is 8.14. The zero-order chi connectivity index (χ0) is 34.1. The molecule has 11 nitrogen and oxygen atoms in total. The van der Waals surface area contributed by atoms with E-state index in [-0.39, 0.29) is 59.7 Å². The van der Waals surface area contributed by atoms with Gasteiger partial charge in [0.1, 0.15) is 17.1 Å². The minimum atomic E-state index is -3.77. The fourth-order valence-corrected chi connectivity index (χ4v) is 9.68. The Morgan fingerprint density at radius 1 is 1.06 bits per heavy atom. The van der Waals surface area contributed by atoms with Crippen molar-refractivity contribution < 1.29 is 42.3 Å². The number of methoxy groups -OCH3 is 1. The summed E-state index contributed by atoms with van der Waals surface area (Å²) in [6.07, 6.45) is 5.66. The van der Waals surface area contributed by atoms with E-state index in [0.717, 1.165) is 38.5 Å². The second-order valence-electron chi connectivity index (χ2n) is 13.8. The van der Waals surface area contributed by atoms with E-state index in [0.29, 0.717) is 23.5 Å². The molecule has 5 rings (SSSR count). The molecule has 2 aromatic rings. The number of aromatic hydroxyl groups is 1. The maximum atomic E-state index is 13.3. The van der Waals surface area contributed by atoms with Gasteiger partial charge in [0.2, 0.25) is 5.91 Å². The smallest absolute Gasteiger partial charge is 0.505 e. The molecular formula is C35H49N2O9P. The Kier molecular flexibility index (Phi) is 10.6. The number of carbonyl (C=O) groups is 2. The first-order chi connectivity index (χ1) is 22.2. The van der Waals surface area contributed by atoms with Crippen molar-refractivity contribution in [3.05, 3.63) is 47.0 Å². The van der Waals surface area contributed by atoms with Gasteiger partial charge < -0.3 is 30.2 Å². The summed E-state index contributed by atoms with van der Waals surface area (Å²) >= 11 is 0. The predicted molar refractivity (Wildman–Crippen MR) is 178 cm³/mol. The molecule has 5 atom stereocenters. The number of phosphoric ester groups is 1. The van der Waals surface area contributed by atoms with Gasteiger partial charge in [-0.15, -0.1) is 0 Å². The lowest BCUT2D eigenvalue weighted by Crippen LogP contribution is -2.44. The van der Waals surface area contributed by atoms with Crippen molar-refractivity contribution in [3.8, 4) is 17.2 Å². The summed E-state index contributed by atoms with van der Waals surface area (Å²) in [5.74, 6) is 0.532. The van der Waals surface area contributed by atoms with E-state index < -0.39 is 19.5 Å². The molecule has 0 heterocycles. The van der Waals surface area contributed by atoms with Gasteiger partial charge in [-0.2, -0.15) is 0 Å². The van der Waals surface area contributed by atoms with Crippen LogP contribution in [0.15, 0.2) is 30.3 Å².